The van der Waals surface area contributed by atoms with Crippen LogP contribution in [-0.4, -0.2) is 41.8 Å². The van der Waals surface area contributed by atoms with Crippen LogP contribution in [0.25, 0.3) is 0 Å². The molecule has 3 amide bonds. The number of piperidine rings is 1. The van der Waals surface area contributed by atoms with Crippen LogP contribution in [0.4, 0.5) is 0 Å². The Hall–Kier alpha value is -3.87. The van der Waals surface area contributed by atoms with Crippen LogP contribution in [0.1, 0.15) is 50.4 Å². The highest BCUT2D eigenvalue weighted by molar-refractivity contribution is 5.98. The zero-order valence-corrected chi connectivity index (χ0v) is 20.1. The van der Waals surface area contributed by atoms with Crippen molar-refractivity contribution in [1.29, 1.82) is 0 Å². The fourth-order valence-electron chi connectivity index (χ4n) is 4.52. The van der Waals surface area contributed by atoms with Gasteiger partial charge in [-0.1, -0.05) is 35.9 Å². The molecule has 7 heteroatoms. The minimum atomic E-state index is -0.714. The minimum Gasteiger partial charge on any atom is -0.467 e. The number of rotatable bonds is 7. The third-order valence-electron chi connectivity index (χ3n) is 6.54. The Morgan fingerprint density at radius 2 is 1.77 bits per heavy atom. The van der Waals surface area contributed by atoms with Crippen molar-refractivity contribution in [1.82, 2.24) is 15.5 Å². The molecule has 2 heterocycles. The van der Waals surface area contributed by atoms with Crippen molar-refractivity contribution in [3.63, 3.8) is 0 Å². The lowest BCUT2D eigenvalue weighted by atomic mass is 9.88. The van der Waals surface area contributed by atoms with E-state index < -0.39 is 6.04 Å². The maximum atomic E-state index is 13.2. The van der Waals surface area contributed by atoms with Crippen molar-refractivity contribution in [3.8, 4) is 0 Å². The van der Waals surface area contributed by atoms with E-state index in [0.717, 1.165) is 11.1 Å². The molecule has 0 spiro atoms. The number of nitrogens with zero attached hydrogens (tertiary/aromatic N) is 1. The zero-order chi connectivity index (χ0) is 24.8. The molecule has 3 aromatic rings. The van der Waals surface area contributed by atoms with E-state index in [4.69, 9.17) is 4.42 Å². The Bertz CT molecular complexity index is 1180. The van der Waals surface area contributed by atoms with Crippen LogP contribution in [0.3, 0.4) is 0 Å². The molecule has 0 saturated carbocycles. The highest BCUT2D eigenvalue weighted by atomic mass is 16.3. The average Bonchev–Trinajstić information content (AvgIpc) is 3.39. The van der Waals surface area contributed by atoms with Crippen molar-refractivity contribution >= 4 is 17.7 Å². The second-order valence-corrected chi connectivity index (χ2v) is 9.06. The summed E-state index contributed by atoms with van der Waals surface area (Å²) in [6.45, 7) is 5.15. The van der Waals surface area contributed by atoms with Crippen LogP contribution in [0.2, 0.25) is 0 Å². The molecule has 2 aromatic carbocycles. The van der Waals surface area contributed by atoms with E-state index in [1.54, 1.807) is 30.5 Å². The highest BCUT2D eigenvalue weighted by Gasteiger charge is 2.34. The Morgan fingerprint density at radius 1 is 1.00 bits per heavy atom. The van der Waals surface area contributed by atoms with E-state index in [0.29, 0.717) is 42.8 Å². The average molecular weight is 474 g/mol. The summed E-state index contributed by atoms with van der Waals surface area (Å²) in [6.07, 6.45) is 2.79. The smallest absolute Gasteiger partial charge is 0.254 e. The standard InChI is InChI=1S/C28H31N3O4/c1-19-7-5-9-22(17-19)26(32)30-25(27(33)29-18-23-10-6-16-35-23)21-12-14-31(15-13-21)28(34)24-11-4-3-8-20(24)2/h3-11,16-17,21,25H,12-15,18H2,1-2H3,(H,29,33)(H,30,32)/t25-/m1/s1. The third kappa shape index (κ3) is 5.98. The zero-order valence-electron chi connectivity index (χ0n) is 20.1. The SMILES string of the molecule is Cc1cccc(C(=O)N[C@@H](C(=O)NCc2ccco2)C2CCN(C(=O)c3ccccc3C)CC2)c1. The number of likely N-dealkylation sites (tertiary alicyclic amines) is 1. The summed E-state index contributed by atoms with van der Waals surface area (Å²) < 4.78 is 5.32. The number of carbonyl (C=O) groups is 3. The number of benzene rings is 2. The van der Waals surface area contributed by atoms with E-state index in [9.17, 15) is 14.4 Å². The fraction of sp³-hybridized carbons (Fsp3) is 0.321. The number of hydrogen-bond donors (Lipinski definition) is 2. The lowest BCUT2D eigenvalue weighted by Crippen LogP contribution is -2.53. The number of furan rings is 1. The number of nitrogens with one attached hydrogen (secondary N) is 2. The first-order chi connectivity index (χ1) is 16.9. The van der Waals surface area contributed by atoms with Crippen LogP contribution < -0.4 is 10.6 Å². The molecular weight excluding hydrogens is 442 g/mol. The van der Waals surface area contributed by atoms with Gasteiger partial charge in [0.15, 0.2) is 0 Å². The topological polar surface area (TPSA) is 91.7 Å². The second-order valence-electron chi connectivity index (χ2n) is 9.06. The van der Waals surface area contributed by atoms with Gasteiger partial charge in [0.2, 0.25) is 5.91 Å². The van der Waals surface area contributed by atoms with Gasteiger partial charge in [0.05, 0.1) is 12.8 Å². The van der Waals surface area contributed by atoms with Gasteiger partial charge in [0.1, 0.15) is 11.8 Å². The van der Waals surface area contributed by atoms with Gasteiger partial charge < -0.3 is 20.0 Å². The summed E-state index contributed by atoms with van der Waals surface area (Å²) in [5, 5.41) is 5.85. The molecule has 182 valence electrons. The van der Waals surface area contributed by atoms with Gasteiger partial charge in [0, 0.05) is 24.2 Å². The van der Waals surface area contributed by atoms with Crippen LogP contribution in [0.5, 0.6) is 0 Å². The predicted molar refractivity (Wildman–Crippen MR) is 133 cm³/mol. The summed E-state index contributed by atoms with van der Waals surface area (Å²) in [5.41, 5.74) is 3.13. The molecule has 0 bridgehead atoms. The molecule has 1 atom stereocenters. The first kappa shape index (κ1) is 24.3. The lowest BCUT2D eigenvalue weighted by Gasteiger charge is -2.36. The molecule has 1 aliphatic heterocycles. The maximum absolute atomic E-state index is 13.2. The van der Waals surface area contributed by atoms with E-state index in [1.807, 2.05) is 55.1 Å². The molecule has 35 heavy (non-hydrogen) atoms. The summed E-state index contributed by atoms with van der Waals surface area (Å²) >= 11 is 0. The molecule has 0 radical (unpaired) electrons. The van der Waals surface area contributed by atoms with Gasteiger partial charge in [-0.05, 0) is 68.5 Å². The van der Waals surface area contributed by atoms with Crippen molar-refractivity contribution < 1.29 is 18.8 Å². The first-order valence-corrected chi connectivity index (χ1v) is 11.9. The Morgan fingerprint density at radius 3 is 2.46 bits per heavy atom. The highest BCUT2D eigenvalue weighted by Crippen LogP contribution is 2.24. The van der Waals surface area contributed by atoms with E-state index in [2.05, 4.69) is 10.6 Å². The van der Waals surface area contributed by atoms with Crippen LogP contribution in [-0.2, 0) is 11.3 Å². The molecule has 1 aromatic heterocycles. The number of aryl methyl sites for hydroxylation is 2. The number of carbonyl (C=O) groups excluding carboxylic acids is 3. The van der Waals surface area contributed by atoms with Crippen molar-refractivity contribution in [2.45, 2.75) is 39.3 Å². The van der Waals surface area contributed by atoms with Gasteiger partial charge in [-0.25, -0.2) is 0 Å². The lowest BCUT2D eigenvalue weighted by molar-refractivity contribution is -0.124. The summed E-state index contributed by atoms with van der Waals surface area (Å²) in [5.74, 6) is 0.00236. The van der Waals surface area contributed by atoms with Crippen LogP contribution >= 0.6 is 0 Å². The van der Waals surface area contributed by atoms with E-state index >= 15 is 0 Å². The minimum absolute atomic E-state index is 0.00386. The molecule has 7 nitrogen and oxygen atoms in total. The number of hydrogen-bond acceptors (Lipinski definition) is 4. The van der Waals surface area contributed by atoms with E-state index in [-0.39, 0.29) is 30.2 Å². The molecule has 1 aliphatic rings. The monoisotopic (exact) mass is 473 g/mol. The molecule has 0 aliphatic carbocycles. The van der Waals surface area contributed by atoms with Crippen molar-refractivity contribution in [3.05, 3.63) is 94.9 Å². The third-order valence-corrected chi connectivity index (χ3v) is 6.54. The van der Waals surface area contributed by atoms with Crippen molar-refractivity contribution in [2.24, 2.45) is 5.92 Å². The quantitative estimate of drug-likeness (QED) is 0.545. The summed E-state index contributed by atoms with van der Waals surface area (Å²) in [7, 11) is 0. The summed E-state index contributed by atoms with van der Waals surface area (Å²) in [6, 6.07) is 17.7. The van der Waals surface area contributed by atoms with Gasteiger partial charge in [-0.3, -0.25) is 14.4 Å². The second kappa shape index (κ2) is 11.0. The first-order valence-electron chi connectivity index (χ1n) is 11.9. The molecule has 2 N–H and O–H groups in total. The van der Waals surface area contributed by atoms with Crippen LogP contribution in [0, 0.1) is 19.8 Å². The van der Waals surface area contributed by atoms with Gasteiger partial charge in [0.25, 0.3) is 11.8 Å². The Labute approximate surface area is 205 Å². The maximum Gasteiger partial charge on any atom is 0.254 e. The molecule has 0 unspecified atom stereocenters. The normalized spacial score (nSPS) is 14.9. The van der Waals surface area contributed by atoms with Gasteiger partial charge in [-0.2, -0.15) is 0 Å². The molecular formula is C28H31N3O4. The Kier molecular flexibility index (Phi) is 7.65. The van der Waals surface area contributed by atoms with Gasteiger partial charge in [-0.15, -0.1) is 0 Å². The molecule has 1 saturated heterocycles. The molecule has 4 rings (SSSR count). The summed E-state index contributed by atoms with van der Waals surface area (Å²) in [4.78, 5) is 41.1. The van der Waals surface area contributed by atoms with Crippen LogP contribution in [0.15, 0.2) is 71.3 Å². The van der Waals surface area contributed by atoms with Gasteiger partial charge >= 0.3 is 0 Å². The number of amides is 3. The Balaban J connectivity index is 1.45. The van der Waals surface area contributed by atoms with E-state index in [1.165, 1.54) is 0 Å². The molecule has 1 fully saturated rings. The largest absolute Gasteiger partial charge is 0.467 e. The van der Waals surface area contributed by atoms with Crippen molar-refractivity contribution in [2.75, 3.05) is 13.1 Å². The predicted octanol–water partition coefficient (Wildman–Crippen LogP) is 3.86. The fourth-order valence-corrected chi connectivity index (χ4v) is 4.52.